The highest BCUT2D eigenvalue weighted by molar-refractivity contribution is 7.89. The number of piperazine rings is 1. The van der Waals surface area contributed by atoms with E-state index in [-0.39, 0.29) is 4.90 Å². The molecule has 1 aromatic carbocycles. The molecule has 0 radical (unpaired) electrons. The summed E-state index contributed by atoms with van der Waals surface area (Å²) in [4.78, 5) is 13.3. The number of hydrogen-bond donors (Lipinski definition) is 0. The van der Waals surface area contributed by atoms with E-state index in [0.29, 0.717) is 37.1 Å². The van der Waals surface area contributed by atoms with Crippen molar-refractivity contribution >= 4 is 33.4 Å². The van der Waals surface area contributed by atoms with E-state index in [1.807, 2.05) is 43.8 Å². The van der Waals surface area contributed by atoms with Gasteiger partial charge in [0.25, 0.3) is 0 Å². The first-order chi connectivity index (χ1) is 12.7. The Morgan fingerprint density at radius 2 is 1.70 bits per heavy atom. The summed E-state index contributed by atoms with van der Waals surface area (Å²) in [5, 5.41) is 0.457. The maximum Gasteiger partial charge on any atom is 0.243 e. The van der Waals surface area contributed by atoms with Crippen LogP contribution in [0.1, 0.15) is 11.3 Å². The number of aromatic nitrogens is 2. The molecule has 0 bridgehead atoms. The van der Waals surface area contributed by atoms with Gasteiger partial charge >= 0.3 is 0 Å². The van der Waals surface area contributed by atoms with Crippen molar-refractivity contribution in [2.75, 3.05) is 50.1 Å². The summed E-state index contributed by atoms with van der Waals surface area (Å²) < 4.78 is 27.3. The number of hydrogen-bond acceptors (Lipinski definition) is 6. The van der Waals surface area contributed by atoms with Gasteiger partial charge in [-0.25, -0.2) is 13.4 Å². The van der Waals surface area contributed by atoms with Crippen molar-refractivity contribution in [3.8, 4) is 0 Å². The fourth-order valence-electron chi connectivity index (χ4n) is 2.92. The van der Waals surface area contributed by atoms with Gasteiger partial charge in [-0.3, -0.25) is 0 Å². The Balaban J connectivity index is 1.76. The molecular weight excluding hydrogens is 386 g/mol. The average molecular weight is 410 g/mol. The third kappa shape index (κ3) is 4.17. The molecule has 27 heavy (non-hydrogen) atoms. The van der Waals surface area contributed by atoms with Gasteiger partial charge in [0.05, 0.1) is 4.90 Å². The summed E-state index contributed by atoms with van der Waals surface area (Å²) in [7, 11) is 0.303. The van der Waals surface area contributed by atoms with Gasteiger partial charge in [0.15, 0.2) is 0 Å². The van der Waals surface area contributed by atoms with E-state index in [0.717, 1.165) is 17.1 Å². The standard InChI is InChI=1S/C18H24ClN5O2S/c1-13-5-6-15(12-16(13)19)27(25,26)24-9-7-23(8-10-24)18-20-14(2)11-17(21-18)22(3)4/h5-6,11-12H,7-10H2,1-4H3. The topological polar surface area (TPSA) is 69.6 Å². The number of rotatable bonds is 4. The Morgan fingerprint density at radius 1 is 1.04 bits per heavy atom. The Hall–Kier alpha value is -1.90. The minimum atomic E-state index is -3.56. The number of anilines is 2. The van der Waals surface area contributed by atoms with Crippen LogP contribution in [0.4, 0.5) is 11.8 Å². The van der Waals surface area contributed by atoms with Crippen LogP contribution in [0.5, 0.6) is 0 Å². The Morgan fingerprint density at radius 3 is 2.30 bits per heavy atom. The molecule has 9 heteroatoms. The third-order valence-corrected chi connectivity index (χ3v) is 6.89. The lowest BCUT2D eigenvalue weighted by atomic mass is 10.2. The average Bonchev–Trinajstić information content (AvgIpc) is 2.63. The second kappa shape index (κ2) is 7.61. The molecule has 1 aliphatic heterocycles. The number of halogens is 1. The van der Waals surface area contributed by atoms with Crippen LogP contribution in [0, 0.1) is 13.8 Å². The number of aryl methyl sites for hydroxylation is 2. The molecule has 3 rings (SSSR count). The minimum absolute atomic E-state index is 0.230. The summed E-state index contributed by atoms with van der Waals surface area (Å²) in [5.74, 6) is 1.47. The van der Waals surface area contributed by atoms with Crippen molar-refractivity contribution in [2.45, 2.75) is 18.7 Å². The molecule has 0 unspecified atom stereocenters. The minimum Gasteiger partial charge on any atom is -0.363 e. The molecule has 7 nitrogen and oxygen atoms in total. The lowest BCUT2D eigenvalue weighted by Crippen LogP contribution is -2.49. The predicted octanol–water partition coefficient (Wildman–Crippen LogP) is 2.32. The molecule has 0 saturated carbocycles. The fourth-order valence-corrected chi connectivity index (χ4v) is 4.61. The predicted molar refractivity (Wildman–Crippen MR) is 108 cm³/mol. The summed E-state index contributed by atoms with van der Waals surface area (Å²) in [6.45, 7) is 5.61. The molecule has 0 aliphatic carbocycles. The van der Waals surface area contributed by atoms with Gasteiger partial charge in [-0.2, -0.15) is 9.29 Å². The smallest absolute Gasteiger partial charge is 0.243 e. The Bertz CT molecular complexity index is 941. The normalized spacial score (nSPS) is 15.8. The Kier molecular flexibility index (Phi) is 5.60. The van der Waals surface area contributed by atoms with Gasteiger partial charge in [0.2, 0.25) is 16.0 Å². The maximum atomic E-state index is 12.9. The van der Waals surface area contributed by atoms with Crippen LogP contribution < -0.4 is 9.80 Å². The highest BCUT2D eigenvalue weighted by Gasteiger charge is 2.29. The molecule has 1 fully saturated rings. The molecule has 0 amide bonds. The molecule has 146 valence electrons. The molecule has 1 aromatic heterocycles. The fraction of sp³-hybridized carbons (Fsp3) is 0.444. The molecular formula is C18H24ClN5O2S. The summed E-state index contributed by atoms with van der Waals surface area (Å²) in [5.41, 5.74) is 1.74. The summed E-state index contributed by atoms with van der Waals surface area (Å²) in [6.07, 6.45) is 0. The maximum absolute atomic E-state index is 12.9. The van der Waals surface area contributed by atoms with Crippen molar-refractivity contribution < 1.29 is 8.42 Å². The first-order valence-corrected chi connectivity index (χ1v) is 10.5. The molecule has 0 spiro atoms. The zero-order valence-electron chi connectivity index (χ0n) is 16.0. The number of benzene rings is 1. The second-order valence-corrected chi connectivity index (χ2v) is 9.21. The van der Waals surface area contributed by atoms with Crippen molar-refractivity contribution in [2.24, 2.45) is 0 Å². The number of nitrogens with zero attached hydrogens (tertiary/aromatic N) is 5. The zero-order valence-corrected chi connectivity index (χ0v) is 17.5. The van der Waals surface area contributed by atoms with Gasteiger partial charge in [-0.1, -0.05) is 17.7 Å². The number of sulfonamides is 1. The van der Waals surface area contributed by atoms with E-state index in [4.69, 9.17) is 11.6 Å². The van der Waals surface area contributed by atoms with E-state index in [1.165, 1.54) is 10.4 Å². The Labute approximate surface area is 165 Å². The van der Waals surface area contributed by atoms with Crippen LogP contribution in [0.3, 0.4) is 0 Å². The van der Waals surface area contributed by atoms with Crippen molar-refractivity contribution in [3.05, 3.63) is 40.5 Å². The highest BCUT2D eigenvalue weighted by atomic mass is 35.5. The molecule has 0 N–H and O–H groups in total. The van der Waals surface area contributed by atoms with Crippen molar-refractivity contribution in [1.29, 1.82) is 0 Å². The zero-order chi connectivity index (χ0) is 19.8. The van der Waals surface area contributed by atoms with Crippen molar-refractivity contribution in [3.63, 3.8) is 0 Å². The van der Waals surface area contributed by atoms with Crippen LogP contribution >= 0.6 is 11.6 Å². The first kappa shape index (κ1) is 19.9. The van der Waals surface area contributed by atoms with Crippen LogP contribution in [-0.4, -0.2) is 63.0 Å². The van der Waals surface area contributed by atoms with Gasteiger partial charge in [0, 0.05) is 57.1 Å². The van der Waals surface area contributed by atoms with Crippen LogP contribution in [0.15, 0.2) is 29.2 Å². The molecule has 1 saturated heterocycles. The van der Waals surface area contributed by atoms with Crippen LogP contribution in [-0.2, 0) is 10.0 Å². The van der Waals surface area contributed by atoms with Crippen molar-refractivity contribution in [1.82, 2.24) is 14.3 Å². The molecule has 2 heterocycles. The van der Waals surface area contributed by atoms with Crippen LogP contribution in [0.2, 0.25) is 5.02 Å². The lowest BCUT2D eigenvalue weighted by molar-refractivity contribution is 0.382. The molecule has 2 aromatic rings. The van der Waals surface area contributed by atoms with Gasteiger partial charge in [-0.15, -0.1) is 0 Å². The van der Waals surface area contributed by atoms with E-state index < -0.39 is 10.0 Å². The summed E-state index contributed by atoms with van der Waals surface area (Å²) in [6, 6.07) is 6.78. The van der Waals surface area contributed by atoms with Gasteiger partial charge in [0.1, 0.15) is 5.82 Å². The summed E-state index contributed by atoms with van der Waals surface area (Å²) >= 11 is 6.11. The third-order valence-electron chi connectivity index (χ3n) is 4.59. The monoisotopic (exact) mass is 409 g/mol. The lowest BCUT2D eigenvalue weighted by Gasteiger charge is -2.34. The van der Waals surface area contributed by atoms with E-state index in [2.05, 4.69) is 9.97 Å². The van der Waals surface area contributed by atoms with E-state index in [1.54, 1.807) is 12.1 Å². The second-order valence-electron chi connectivity index (χ2n) is 6.86. The molecule has 0 atom stereocenters. The van der Waals surface area contributed by atoms with Crippen LogP contribution in [0.25, 0.3) is 0 Å². The SMILES string of the molecule is Cc1cc(N(C)C)nc(N2CCN(S(=O)(=O)c3ccc(C)c(Cl)c3)CC2)n1. The highest BCUT2D eigenvalue weighted by Crippen LogP contribution is 2.24. The molecule has 1 aliphatic rings. The first-order valence-electron chi connectivity index (χ1n) is 8.73. The quantitative estimate of drug-likeness (QED) is 0.771. The van der Waals surface area contributed by atoms with Gasteiger partial charge < -0.3 is 9.80 Å². The van der Waals surface area contributed by atoms with E-state index in [9.17, 15) is 8.42 Å². The van der Waals surface area contributed by atoms with E-state index >= 15 is 0 Å². The van der Waals surface area contributed by atoms with Gasteiger partial charge in [-0.05, 0) is 31.5 Å². The largest absolute Gasteiger partial charge is 0.363 e.